The lowest BCUT2D eigenvalue weighted by Gasteiger charge is -2.22. The van der Waals surface area contributed by atoms with Gasteiger partial charge in [0.05, 0.1) is 17.9 Å². The Labute approximate surface area is 90.0 Å². The standard InChI is InChI=1S/C11H18N4/c12-11(13)6-9-7-15(8-14-9)10-4-2-1-3-5-10/h7-8,10H,1-6H2,(H3,12,13). The van der Waals surface area contributed by atoms with Crippen molar-refractivity contribution in [3.63, 3.8) is 0 Å². The van der Waals surface area contributed by atoms with Crippen molar-refractivity contribution in [2.45, 2.75) is 44.6 Å². The zero-order chi connectivity index (χ0) is 10.7. The molecule has 0 aliphatic heterocycles. The van der Waals surface area contributed by atoms with Crippen molar-refractivity contribution in [2.24, 2.45) is 5.73 Å². The van der Waals surface area contributed by atoms with Gasteiger partial charge in [-0.05, 0) is 12.8 Å². The topological polar surface area (TPSA) is 67.7 Å². The van der Waals surface area contributed by atoms with E-state index < -0.39 is 0 Å². The highest BCUT2D eigenvalue weighted by Crippen LogP contribution is 2.27. The van der Waals surface area contributed by atoms with Gasteiger partial charge < -0.3 is 10.3 Å². The molecule has 1 saturated carbocycles. The molecule has 0 aromatic carbocycles. The highest BCUT2D eigenvalue weighted by atomic mass is 15.1. The maximum absolute atomic E-state index is 7.21. The molecule has 1 aliphatic rings. The predicted octanol–water partition coefficient (Wildman–Crippen LogP) is 1.87. The van der Waals surface area contributed by atoms with Crippen molar-refractivity contribution < 1.29 is 0 Å². The molecule has 82 valence electrons. The first-order valence-corrected chi connectivity index (χ1v) is 5.61. The Morgan fingerprint density at radius 1 is 1.47 bits per heavy atom. The molecule has 4 heteroatoms. The predicted molar refractivity (Wildman–Crippen MR) is 60.0 cm³/mol. The van der Waals surface area contributed by atoms with E-state index in [9.17, 15) is 0 Å². The van der Waals surface area contributed by atoms with Crippen LogP contribution < -0.4 is 5.73 Å². The molecule has 4 nitrogen and oxygen atoms in total. The number of nitrogens with two attached hydrogens (primary N) is 1. The molecule has 1 fully saturated rings. The van der Waals surface area contributed by atoms with Crippen LogP contribution >= 0.6 is 0 Å². The van der Waals surface area contributed by atoms with Crippen LogP contribution in [0.2, 0.25) is 0 Å². The molecule has 0 unspecified atom stereocenters. The molecule has 0 saturated heterocycles. The van der Waals surface area contributed by atoms with E-state index >= 15 is 0 Å². The van der Waals surface area contributed by atoms with E-state index in [0.29, 0.717) is 12.5 Å². The van der Waals surface area contributed by atoms with Crippen molar-refractivity contribution in [3.8, 4) is 0 Å². The Balaban J connectivity index is 2.02. The van der Waals surface area contributed by atoms with E-state index in [-0.39, 0.29) is 5.84 Å². The number of rotatable bonds is 3. The van der Waals surface area contributed by atoms with Gasteiger partial charge in [0.1, 0.15) is 0 Å². The maximum atomic E-state index is 7.21. The monoisotopic (exact) mass is 206 g/mol. The van der Waals surface area contributed by atoms with E-state index in [0.717, 1.165) is 5.69 Å². The van der Waals surface area contributed by atoms with E-state index in [1.807, 2.05) is 12.5 Å². The number of nitrogens with zero attached hydrogens (tertiary/aromatic N) is 2. The van der Waals surface area contributed by atoms with Gasteiger partial charge in [0.25, 0.3) is 0 Å². The Bertz CT molecular complexity index is 336. The molecular weight excluding hydrogens is 188 g/mol. The molecule has 15 heavy (non-hydrogen) atoms. The average molecular weight is 206 g/mol. The van der Waals surface area contributed by atoms with Crippen LogP contribution in [0.3, 0.4) is 0 Å². The minimum Gasteiger partial charge on any atom is -0.387 e. The first-order valence-electron chi connectivity index (χ1n) is 5.61. The van der Waals surface area contributed by atoms with Crippen LogP contribution in [0.15, 0.2) is 12.5 Å². The number of hydrogen-bond donors (Lipinski definition) is 2. The Kier molecular flexibility index (Phi) is 3.04. The molecule has 0 atom stereocenters. The summed E-state index contributed by atoms with van der Waals surface area (Å²) in [6.07, 6.45) is 10.9. The summed E-state index contributed by atoms with van der Waals surface area (Å²) >= 11 is 0. The van der Waals surface area contributed by atoms with Gasteiger partial charge in [-0.2, -0.15) is 0 Å². The van der Waals surface area contributed by atoms with Crippen LogP contribution in [0, 0.1) is 5.41 Å². The molecule has 1 heterocycles. The first kappa shape index (κ1) is 10.2. The van der Waals surface area contributed by atoms with Crippen LogP contribution in [-0.4, -0.2) is 15.4 Å². The SMILES string of the molecule is N=C(N)Cc1cn(C2CCCCC2)cn1. The molecular formula is C11H18N4. The van der Waals surface area contributed by atoms with E-state index in [1.54, 1.807) is 0 Å². The molecule has 1 aliphatic carbocycles. The van der Waals surface area contributed by atoms with Crippen molar-refractivity contribution in [3.05, 3.63) is 18.2 Å². The highest BCUT2D eigenvalue weighted by Gasteiger charge is 2.15. The van der Waals surface area contributed by atoms with Crippen LogP contribution in [0.5, 0.6) is 0 Å². The molecule has 0 bridgehead atoms. The summed E-state index contributed by atoms with van der Waals surface area (Å²) in [5.41, 5.74) is 6.26. The van der Waals surface area contributed by atoms with Gasteiger partial charge in [-0.1, -0.05) is 19.3 Å². The third kappa shape index (κ3) is 2.58. The fourth-order valence-corrected chi connectivity index (χ4v) is 2.24. The lowest BCUT2D eigenvalue weighted by Crippen LogP contribution is -2.13. The van der Waals surface area contributed by atoms with Crippen molar-refractivity contribution in [1.29, 1.82) is 5.41 Å². The maximum Gasteiger partial charge on any atom is 0.0966 e. The fraction of sp³-hybridized carbons (Fsp3) is 0.636. The van der Waals surface area contributed by atoms with Gasteiger partial charge >= 0.3 is 0 Å². The number of imidazole rings is 1. The summed E-state index contributed by atoms with van der Waals surface area (Å²) in [6.45, 7) is 0. The summed E-state index contributed by atoms with van der Waals surface area (Å²) in [7, 11) is 0. The molecule has 3 N–H and O–H groups in total. The van der Waals surface area contributed by atoms with Crippen molar-refractivity contribution in [1.82, 2.24) is 9.55 Å². The largest absolute Gasteiger partial charge is 0.387 e. The summed E-state index contributed by atoms with van der Waals surface area (Å²) in [5.74, 6) is 0.184. The minimum absolute atomic E-state index is 0.184. The van der Waals surface area contributed by atoms with Gasteiger partial charge in [0, 0.05) is 18.7 Å². The van der Waals surface area contributed by atoms with Crippen molar-refractivity contribution in [2.75, 3.05) is 0 Å². The number of aromatic nitrogens is 2. The second kappa shape index (κ2) is 4.47. The van der Waals surface area contributed by atoms with Gasteiger partial charge in [-0.15, -0.1) is 0 Å². The van der Waals surface area contributed by atoms with Gasteiger partial charge in [0.15, 0.2) is 0 Å². The normalized spacial score (nSPS) is 17.9. The molecule has 0 amide bonds. The van der Waals surface area contributed by atoms with Gasteiger partial charge in [-0.3, -0.25) is 5.41 Å². The highest BCUT2D eigenvalue weighted by molar-refractivity contribution is 5.78. The van der Waals surface area contributed by atoms with Gasteiger partial charge in [0.2, 0.25) is 0 Å². The third-order valence-electron chi connectivity index (χ3n) is 3.02. The molecule has 0 spiro atoms. The van der Waals surface area contributed by atoms with E-state index in [4.69, 9.17) is 11.1 Å². The van der Waals surface area contributed by atoms with E-state index in [2.05, 4.69) is 9.55 Å². The molecule has 1 aromatic rings. The quantitative estimate of drug-likeness (QED) is 0.585. The summed E-state index contributed by atoms with van der Waals surface area (Å²) in [4.78, 5) is 4.27. The molecule has 0 radical (unpaired) electrons. The van der Waals surface area contributed by atoms with Crippen LogP contribution in [0.4, 0.5) is 0 Å². The third-order valence-corrected chi connectivity index (χ3v) is 3.02. The van der Waals surface area contributed by atoms with Gasteiger partial charge in [-0.25, -0.2) is 4.98 Å². The number of hydrogen-bond acceptors (Lipinski definition) is 2. The second-order valence-corrected chi connectivity index (χ2v) is 4.31. The average Bonchev–Trinajstić information content (AvgIpc) is 2.67. The van der Waals surface area contributed by atoms with Crippen LogP contribution in [0.1, 0.15) is 43.8 Å². The Morgan fingerprint density at radius 3 is 2.87 bits per heavy atom. The lowest BCUT2D eigenvalue weighted by molar-refractivity contribution is 0.353. The summed E-state index contributed by atoms with van der Waals surface area (Å²) < 4.78 is 2.19. The smallest absolute Gasteiger partial charge is 0.0966 e. The van der Waals surface area contributed by atoms with Crippen molar-refractivity contribution >= 4 is 5.84 Å². The first-order chi connectivity index (χ1) is 7.25. The number of nitrogens with one attached hydrogen (secondary N) is 1. The lowest BCUT2D eigenvalue weighted by atomic mass is 9.95. The molecule has 2 rings (SSSR count). The van der Waals surface area contributed by atoms with Crippen LogP contribution in [0.25, 0.3) is 0 Å². The number of amidine groups is 1. The van der Waals surface area contributed by atoms with Crippen LogP contribution in [-0.2, 0) is 6.42 Å². The zero-order valence-electron chi connectivity index (χ0n) is 8.95. The Hall–Kier alpha value is -1.32. The zero-order valence-corrected chi connectivity index (χ0v) is 8.95. The molecule has 1 aromatic heterocycles. The minimum atomic E-state index is 0.184. The Morgan fingerprint density at radius 2 is 2.20 bits per heavy atom. The van der Waals surface area contributed by atoms with E-state index in [1.165, 1.54) is 32.1 Å². The summed E-state index contributed by atoms with van der Waals surface area (Å²) in [5, 5.41) is 7.21. The summed E-state index contributed by atoms with van der Waals surface area (Å²) in [6, 6.07) is 0.618. The second-order valence-electron chi connectivity index (χ2n) is 4.31. The fourth-order valence-electron chi connectivity index (χ4n) is 2.24.